The van der Waals surface area contributed by atoms with Crippen LogP contribution in [0.2, 0.25) is 0 Å². The van der Waals surface area contributed by atoms with Crippen molar-refractivity contribution in [3.63, 3.8) is 0 Å². The summed E-state index contributed by atoms with van der Waals surface area (Å²) in [5.41, 5.74) is 2.72. The molecule has 0 aliphatic rings. The summed E-state index contributed by atoms with van der Waals surface area (Å²) in [6.45, 7) is 4.79. The van der Waals surface area contributed by atoms with Gasteiger partial charge in [-0.15, -0.1) is 0 Å². The predicted molar refractivity (Wildman–Crippen MR) is 75.5 cm³/mol. The van der Waals surface area contributed by atoms with Crippen molar-refractivity contribution < 1.29 is 4.39 Å². The van der Waals surface area contributed by atoms with E-state index in [1.54, 1.807) is 25.4 Å². The topological polar surface area (TPSA) is 24.9 Å². The number of aryl methyl sites for hydroxylation is 1. The van der Waals surface area contributed by atoms with Gasteiger partial charge in [0.05, 0.1) is 6.04 Å². The summed E-state index contributed by atoms with van der Waals surface area (Å²) in [6.07, 6.45) is 4.57. The lowest BCUT2D eigenvalue weighted by Crippen LogP contribution is -2.23. The monoisotopic (exact) mass is 258 g/mol. The van der Waals surface area contributed by atoms with Gasteiger partial charge in [0, 0.05) is 12.4 Å². The molecule has 19 heavy (non-hydrogen) atoms. The lowest BCUT2D eigenvalue weighted by Gasteiger charge is -2.19. The zero-order valence-corrected chi connectivity index (χ0v) is 11.4. The molecule has 1 N–H and O–H groups in total. The van der Waals surface area contributed by atoms with Crippen LogP contribution in [0, 0.1) is 12.7 Å². The van der Waals surface area contributed by atoms with Crippen LogP contribution in [0.5, 0.6) is 0 Å². The quantitative estimate of drug-likeness (QED) is 0.886. The molecule has 0 saturated carbocycles. The molecule has 2 aromatic rings. The van der Waals surface area contributed by atoms with Crippen molar-refractivity contribution in [3.05, 3.63) is 65.2 Å². The minimum atomic E-state index is -0.158. The largest absolute Gasteiger partial charge is 0.306 e. The van der Waals surface area contributed by atoms with Crippen LogP contribution in [0.25, 0.3) is 0 Å². The van der Waals surface area contributed by atoms with Crippen LogP contribution in [0.15, 0.2) is 42.7 Å². The van der Waals surface area contributed by atoms with E-state index in [2.05, 4.69) is 17.2 Å². The molecule has 0 fully saturated rings. The number of pyridine rings is 1. The van der Waals surface area contributed by atoms with Crippen LogP contribution in [-0.2, 0) is 0 Å². The Bertz CT molecular complexity index is 526. The highest BCUT2D eigenvalue weighted by atomic mass is 19.1. The number of rotatable bonds is 5. The van der Waals surface area contributed by atoms with Crippen LogP contribution in [0.1, 0.15) is 36.1 Å². The summed E-state index contributed by atoms with van der Waals surface area (Å²) < 4.78 is 13.7. The second-order valence-corrected chi connectivity index (χ2v) is 4.68. The van der Waals surface area contributed by atoms with Gasteiger partial charge in [-0.05, 0) is 54.8 Å². The number of benzene rings is 1. The highest BCUT2D eigenvalue weighted by molar-refractivity contribution is 5.33. The van der Waals surface area contributed by atoms with E-state index in [4.69, 9.17) is 0 Å². The molecule has 2 nitrogen and oxygen atoms in total. The molecule has 1 aromatic carbocycles. The second kappa shape index (κ2) is 6.43. The molecule has 0 saturated heterocycles. The SMILES string of the molecule is CCCNC(c1ccncc1)c1ccc(C)c(F)c1. The van der Waals surface area contributed by atoms with Crippen LogP contribution in [0.3, 0.4) is 0 Å². The predicted octanol–water partition coefficient (Wildman–Crippen LogP) is 3.62. The van der Waals surface area contributed by atoms with Crippen molar-refractivity contribution in [1.29, 1.82) is 0 Å². The average molecular weight is 258 g/mol. The molecule has 0 aliphatic heterocycles. The van der Waals surface area contributed by atoms with Crippen LogP contribution in [0.4, 0.5) is 4.39 Å². The van der Waals surface area contributed by atoms with Gasteiger partial charge in [-0.1, -0.05) is 19.1 Å². The molecule has 2 rings (SSSR count). The Labute approximate surface area is 113 Å². The number of nitrogens with one attached hydrogen (secondary N) is 1. The molecular weight excluding hydrogens is 239 g/mol. The van der Waals surface area contributed by atoms with Gasteiger partial charge in [-0.2, -0.15) is 0 Å². The van der Waals surface area contributed by atoms with E-state index in [0.29, 0.717) is 5.56 Å². The first-order valence-corrected chi connectivity index (χ1v) is 6.61. The minimum absolute atomic E-state index is 0.0121. The molecule has 3 heteroatoms. The van der Waals surface area contributed by atoms with Crippen molar-refractivity contribution in [1.82, 2.24) is 10.3 Å². The maximum Gasteiger partial charge on any atom is 0.126 e. The van der Waals surface area contributed by atoms with Crippen molar-refractivity contribution in [2.24, 2.45) is 0 Å². The van der Waals surface area contributed by atoms with Gasteiger partial charge in [-0.3, -0.25) is 4.98 Å². The fourth-order valence-corrected chi connectivity index (χ4v) is 2.06. The van der Waals surface area contributed by atoms with Gasteiger partial charge in [0.25, 0.3) is 0 Å². The molecule has 0 radical (unpaired) electrons. The van der Waals surface area contributed by atoms with E-state index in [1.807, 2.05) is 24.3 Å². The van der Waals surface area contributed by atoms with E-state index in [1.165, 1.54) is 0 Å². The Kier molecular flexibility index (Phi) is 4.63. The maximum absolute atomic E-state index is 13.7. The van der Waals surface area contributed by atoms with Crippen molar-refractivity contribution in [2.75, 3.05) is 6.54 Å². The van der Waals surface area contributed by atoms with E-state index in [-0.39, 0.29) is 11.9 Å². The van der Waals surface area contributed by atoms with E-state index in [0.717, 1.165) is 24.1 Å². The third kappa shape index (κ3) is 3.38. The lowest BCUT2D eigenvalue weighted by atomic mass is 9.98. The Balaban J connectivity index is 2.34. The van der Waals surface area contributed by atoms with Gasteiger partial charge >= 0.3 is 0 Å². The number of hydrogen-bond donors (Lipinski definition) is 1. The lowest BCUT2D eigenvalue weighted by molar-refractivity contribution is 0.582. The van der Waals surface area contributed by atoms with Crippen LogP contribution >= 0.6 is 0 Å². The summed E-state index contributed by atoms with van der Waals surface area (Å²) in [4.78, 5) is 4.03. The Morgan fingerprint density at radius 2 is 1.89 bits per heavy atom. The fourth-order valence-electron chi connectivity index (χ4n) is 2.06. The van der Waals surface area contributed by atoms with Crippen LogP contribution < -0.4 is 5.32 Å². The zero-order valence-electron chi connectivity index (χ0n) is 11.4. The molecule has 1 aromatic heterocycles. The number of hydrogen-bond acceptors (Lipinski definition) is 2. The number of halogens is 1. The normalized spacial score (nSPS) is 12.4. The third-order valence-electron chi connectivity index (χ3n) is 3.17. The highest BCUT2D eigenvalue weighted by Gasteiger charge is 2.14. The van der Waals surface area contributed by atoms with Crippen molar-refractivity contribution in [2.45, 2.75) is 26.3 Å². The number of aromatic nitrogens is 1. The van der Waals surface area contributed by atoms with E-state index < -0.39 is 0 Å². The van der Waals surface area contributed by atoms with Crippen molar-refractivity contribution in [3.8, 4) is 0 Å². The molecule has 0 amide bonds. The average Bonchev–Trinajstić information content (AvgIpc) is 2.44. The molecule has 100 valence electrons. The molecular formula is C16H19FN2. The third-order valence-corrected chi connectivity index (χ3v) is 3.17. The standard InChI is InChI=1S/C16H19FN2/c1-3-8-19-16(13-6-9-18-10-7-13)14-5-4-12(2)15(17)11-14/h4-7,9-11,16,19H,3,8H2,1-2H3. The van der Waals surface area contributed by atoms with Gasteiger partial charge in [0.1, 0.15) is 5.82 Å². The van der Waals surface area contributed by atoms with Crippen LogP contribution in [-0.4, -0.2) is 11.5 Å². The van der Waals surface area contributed by atoms with Gasteiger partial charge in [0.15, 0.2) is 0 Å². The zero-order chi connectivity index (χ0) is 13.7. The summed E-state index contributed by atoms with van der Waals surface area (Å²) in [5.74, 6) is -0.158. The van der Waals surface area contributed by atoms with E-state index in [9.17, 15) is 4.39 Å². The van der Waals surface area contributed by atoms with Gasteiger partial charge < -0.3 is 5.32 Å². The Morgan fingerprint density at radius 1 is 1.16 bits per heavy atom. The summed E-state index contributed by atoms with van der Waals surface area (Å²) in [7, 11) is 0. The Hall–Kier alpha value is -1.74. The molecule has 1 unspecified atom stereocenters. The molecule has 0 spiro atoms. The summed E-state index contributed by atoms with van der Waals surface area (Å²) in [6, 6.07) is 9.36. The fraction of sp³-hybridized carbons (Fsp3) is 0.312. The van der Waals surface area contributed by atoms with Gasteiger partial charge in [-0.25, -0.2) is 4.39 Å². The minimum Gasteiger partial charge on any atom is -0.306 e. The molecule has 0 bridgehead atoms. The first-order valence-electron chi connectivity index (χ1n) is 6.61. The summed E-state index contributed by atoms with van der Waals surface area (Å²) in [5, 5.41) is 3.45. The van der Waals surface area contributed by atoms with Gasteiger partial charge in [0.2, 0.25) is 0 Å². The molecule has 1 heterocycles. The first-order chi connectivity index (χ1) is 9.22. The first kappa shape index (κ1) is 13.7. The number of nitrogens with zero attached hydrogens (tertiary/aromatic N) is 1. The highest BCUT2D eigenvalue weighted by Crippen LogP contribution is 2.23. The summed E-state index contributed by atoms with van der Waals surface area (Å²) >= 11 is 0. The Morgan fingerprint density at radius 3 is 2.53 bits per heavy atom. The smallest absolute Gasteiger partial charge is 0.126 e. The maximum atomic E-state index is 13.7. The van der Waals surface area contributed by atoms with E-state index >= 15 is 0 Å². The second-order valence-electron chi connectivity index (χ2n) is 4.68. The molecule has 0 aliphatic carbocycles. The molecule has 1 atom stereocenters. The van der Waals surface area contributed by atoms with Crippen molar-refractivity contribution >= 4 is 0 Å².